The molecule has 1 spiro atoms. The fourth-order valence-corrected chi connectivity index (χ4v) is 4.96. The van der Waals surface area contributed by atoms with E-state index < -0.39 is 17.5 Å². The lowest BCUT2D eigenvalue weighted by atomic mass is 9.76. The minimum atomic E-state index is -1.08. The Morgan fingerprint density at radius 3 is 2.18 bits per heavy atom. The van der Waals surface area contributed by atoms with E-state index in [0.29, 0.717) is 6.42 Å². The normalized spacial score (nSPS) is 19.5. The van der Waals surface area contributed by atoms with Crippen LogP contribution in [0.5, 0.6) is 0 Å². The molecule has 1 unspecified atom stereocenters. The Bertz CT molecular complexity index is 1160. The highest BCUT2D eigenvalue weighted by atomic mass is 16.2. The average molecular weight is 440 g/mol. The lowest BCUT2D eigenvalue weighted by Crippen LogP contribution is -2.47. The molecule has 1 heterocycles. The first-order valence-electron chi connectivity index (χ1n) is 11.2. The van der Waals surface area contributed by atoms with Gasteiger partial charge < -0.3 is 10.6 Å². The molecule has 3 aromatic rings. The van der Waals surface area contributed by atoms with Gasteiger partial charge in [0.1, 0.15) is 12.1 Å². The van der Waals surface area contributed by atoms with Gasteiger partial charge in [-0.25, -0.2) is 4.79 Å². The van der Waals surface area contributed by atoms with Crippen molar-refractivity contribution in [3.05, 3.63) is 107 Å². The number of aryl methyl sites for hydroxylation is 1. The minimum Gasteiger partial charge on any atom is -0.344 e. The van der Waals surface area contributed by atoms with Crippen LogP contribution in [0.2, 0.25) is 0 Å². The summed E-state index contributed by atoms with van der Waals surface area (Å²) in [6.45, 7) is -0.329. The van der Waals surface area contributed by atoms with E-state index in [1.807, 2.05) is 84.9 Å². The summed E-state index contributed by atoms with van der Waals surface area (Å²) in [6, 6.07) is 26.1. The average Bonchev–Trinajstić information content (AvgIpc) is 3.08. The summed E-state index contributed by atoms with van der Waals surface area (Å²) in [5.41, 5.74) is 2.67. The Kier molecular flexibility index (Phi) is 5.42. The molecule has 1 atom stereocenters. The molecular formula is C27H25N3O3. The van der Waals surface area contributed by atoms with Crippen molar-refractivity contribution in [1.82, 2.24) is 15.5 Å². The third-order valence-electron chi connectivity index (χ3n) is 6.52. The Balaban J connectivity index is 1.38. The molecule has 1 fully saturated rings. The summed E-state index contributed by atoms with van der Waals surface area (Å²) in [5.74, 6) is -0.747. The van der Waals surface area contributed by atoms with Crippen LogP contribution in [0, 0.1) is 0 Å². The van der Waals surface area contributed by atoms with Gasteiger partial charge in [0.15, 0.2) is 0 Å². The molecule has 4 amide bonds. The van der Waals surface area contributed by atoms with Crippen molar-refractivity contribution in [2.75, 3.05) is 6.54 Å². The second-order valence-corrected chi connectivity index (χ2v) is 8.56. The van der Waals surface area contributed by atoms with Gasteiger partial charge in [0, 0.05) is 0 Å². The Labute approximate surface area is 192 Å². The molecule has 33 heavy (non-hydrogen) atoms. The number of imide groups is 1. The van der Waals surface area contributed by atoms with Crippen molar-refractivity contribution < 1.29 is 14.4 Å². The second-order valence-electron chi connectivity index (χ2n) is 8.56. The highest BCUT2D eigenvalue weighted by Gasteiger charge is 2.54. The van der Waals surface area contributed by atoms with E-state index in [1.54, 1.807) is 0 Å². The molecule has 5 rings (SSSR count). The van der Waals surface area contributed by atoms with Crippen molar-refractivity contribution in [2.45, 2.75) is 30.8 Å². The maximum Gasteiger partial charge on any atom is 0.325 e. The predicted molar refractivity (Wildman–Crippen MR) is 124 cm³/mol. The van der Waals surface area contributed by atoms with E-state index >= 15 is 0 Å². The molecule has 2 N–H and O–H groups in total. The zero-order valence-corrected chi connectivity index (χ0v) is 18.2. The topological polar surface area (TPSA) is 78.5 Å². The molecule has 0 saturated carbocycles. The highest BCUT2D eigenvalue weighted by Crippen LogP contribution is 2.39. The van der Waals surface area contributed by atoms with Crippen molar-refractivity contribution >= 4 is 17.8 Å². The Morgan fingerprint density at radius 1 is 0.909 bits per heavy atom. The first-order chi connectivity index (χ1) is 16.1. The van der Waals surface area contributed by atoms with E-state index in [1.165, 1.54) is 0 Å². The number of nitrogens with zero attached hydrogens (tertiary/aromatic N) is 1. The standard InChI is InChI=1S/C27H25N3O3/c31-23(28-24(20-11-3-1-4-12-20)21-13-5-2-6-14-21)18-30-25(32)27(29-26(30)33)17-9-15-19-10-7-8-16-22(19)27/h1-8,10-14,16,24H,9,15,17-18H2,(H,28,31)(H,29,33). The summed E-state index contributed by atoms with van der Waals surface area (Å²) >= 11 is 0. The number of urea groups is 1. The first-order valence-corrected chi connectivity index (χ1v) is 11.2. The van der Waals surface area contributed by atoms with Gasteiger partial charge in [0.05, 0.1) is 6.04 Å². The van der Waals surface area contributed by atoms with Crippen LogP contribution in [-0.4, -0.2) is 29.3 Å². The molecule has 3 aromatic carbocycles. The van der Waals surface area contributed by atoms with Gasteiger partial charge in [-0.3, -0.25) is 14.5 Å². The van der Waals surface area contributed by atoms with Gasteiger partial charge >= 0.3 is 6.03 Å². The summed E-state index contributed by atoms with van der Waals surface area (Å²) in [7, 11) is 0. The van der Waals surface area contributed by atoms with Crippen LogP contribution >= 0.6 is 0 Å². The van der Waals surface area contributed by atoms with Crippen LogP contribution < -0.4 is 10.6 Å². The molecule has 6 heteroatoms. The molecule has 0 aromatic heterocycles. The molecule has 6 nitrogen and oxygen atoms in total. The number of benzene rings is 3. The third kappa shape index (κ3) is 3.78. The first kappa shape index (κ1) is 20.9. The fraction of sp³-hybridized carbons (Fsp3) is 0.222. The zero-order chi connectivity index (χ0) is 22.8. The van der Waals surface area contributed by atoms with Gasteiger partial charge in [0.2, 0.25) is 5.91 Å². The fourth-order valence-electron chi connectivity index (χ4n) is 4.96. The summed E-state index contributed by atoms with van der Waals surface area (Å²) < 4.78 is 0. The number of amides is 4. The van der Waals surface area contributed by atoms with Crippen molar-refractivity contribution in [1.29, 1.82) is 0 Å². The van der Waals surface area contributed by atoms with E-state index in [0.717, 1.165) is 40.0 Å². The molecule has 0 bridgehead atoms. The van der Waals surface area contributed by atoms with Crippen molar-refractivity contribution in [3.63, 3.8) is 0 Å². The highest BCUT2D eigenvalue weighted by molar-refractivity contribution is 6.09. The number of nitrogens with one attached hydrogen (secondary N) is 2. The SMILES string of the molecule is O=C(CN1C(=O)NC2(CCCc3ccccc32)C1=O)NC(c1ccccc1)c1ccccc1. The summed E-state index contributed by atoms with van der Waals surface area (Å²) in [5, 5.41) is 5.92. The van der Waals surface area contributed by atoms with Crippen LogP contribution in [0.25, 0.3) is 0 Å². The van der Waals surface area contributed by atoms with Gasteiger partial charge in [0.25, 0.3) is 5.91 Å². The Morgan fingerprint density at radius 2 is 1.52 bits per heavy atom. The van der Waals surface area contributed by atoms with Crippen molar-refractivity contribution in [2.24, 2.45) is 0 Å². The third-order valence-corrected chi connectivity index (χ3v) is 6.52. The maximum absolute atomic E-state index is 13.5. The van der Waals surface area contributed by atoms with E-state index in [2.05, 4.69) is 10.6 Å². The van der Waals surface area contributed by atoms with Gasteiger partial charge in [-0.2, -0.15) is 0 Å². The van der Waals surface area contributed by atoms with Crippen LogP contribution in [0.3, 0.4) is 0 Å². The Hall–Kier alpha value is -3.93. The molecular weight excluding hydrogens is 414 g/mol. The number of hydrogen-bond acceptors (Lipinski definition) is 3. The van der Waals surface area contributed by atoms with Crippen LogP contribution in [0.1, 0.15) is 41.1 Å². The quantitative estimate of drug-likeness (QED) is 0.596. The van der Waals surface area contributed by atoms with Gasteiger partial charge in [-0.1, -0.05) is 84.9 Å². The summed E-state index contributed by atoms with van der Waals surface area (Å²) in [4.78, 5) is 40.4. The monoisotopic (exact) mass is 439 g/mol. The van der Waals surface area contributed by atoms with E-state index in [-0.39, 0.29) is 18.5 Å². The number of rotatable bonds is 5. The van der Waals surface area contributed by atoms with Crippen LogP contribution in [0.4, 0.5) is 4.79 Å². The van der Waals surface area contributed by atoms with Gasteiger partial charge in [-0.15, -0.1) is 0 Å². The number of fused-ring (bicyclic) bond motifs is 2. The van der Waals surface area contributed by atoms with E-state index in [9.17, 15) is 14.4 Å². The lowest BCUT2D eigenvalue weighted by molar-refractivity contribution is -0.135. The zero-order valence-electron chi connectivity index (χ0n) is 18.2. The smallest absolute Gasteiger partial charge is 0.325 e. The molecule has 0 radical (unpaired) electrons. The maximum atomic E-state index is 13.5. The largest absolute Gasteiger partial charge is 0.344 e. The van der Waals surface area contributed by atoms with Crippen molar-refractivity contribution in [3.8, 4) is 0 Å². The molecule has 1 aliphatic carbocycles. The number of carbonyl (C=O) groups excluding carboxylic acids is 3. The predicted octanol–water partition coefficient (Wildman–Crippen LogP) is 3.68. The minimum absolute atomic E-state index is 0.329. The second kappa shape index (κ2) is 8.54. The van der Waals surface area contributed by atoms with Crippen LogP contribution in [-0.2, 0) is 21.5 Å². The molecule has 1 saturated heterocycles. The summed E-state index contributed by atoms with van der Waals surface area (Å²) in [6.07, 6.45) is 2.20. The molecule has 1 aliphatic heterocycles. The number of carbonyl (C=O) groups is 3. The molecule has 2 aliphatic rings. The van der Waals surface area contributed by atoms with E-state index in [4.69, 9.17) is 0 Å². The van der Waals surface area contributed by atoms with Gasteiger partial charge in [-0.05, 0) is 41.5 Å². The molecule has 166 valence electrons. The number of hydrogen-bond donors (Lipinski definition) is 2. The van der Waals surface area contributed by atoms with Crippen LogP contribution in [0.15, 0.2) is 84.9 Å². The lowest BCUT2D eigenvalue weighted by Gasteiger charge is -2.33.